The van der Waals surface area contributed by atoms with Gasteiger partial charge in [0, 0.05) is 9.45 Å². The van der Waals surface area contributed by atoms with E-state index >= 15 is 0 Å². The zero-order chi connectivity index (χ0) is 13.4. The molecule has 0 saturated carbocycles. The molecule has 0 atom stereocenters. The second-order valence-electron chi connectivity index (χ2n) is 3.13. The molecule has 0 aliphatic heterocycles. The molecular formula is C9H4ClF6I. The van der Waals surface area contributed by atoms with Crippen molar-refractivity contribution in [1.82, 2.24) is 0 Å². The Labute approximate surface area is 111 Å². The van der Waals surface area contributed by atoms with E-state index in [0.717, 1.165) is 6.07 Å². The number of hydrogen-bond donors (Lipinski definition) is 0. The minimum Gasteiger partial charge on any atom is -0.166 e. The molecule has 0 saturated heterocycles. The Balaban J connectivity index is 3.58. The van der Waals surface area contributed by atoms with E-state index in [9.17, 15) is 26.3 Å². The van der Waals surface area contributed by atoms with Crippen LogP contribution in [0, 0.1) is 3.57 Å². The van der Waals surface area contributed by atoms with Crippen LogP contribution in [0.25, 0.3) is 0 Å². The summed E-state index contributed by atoms with van der Waals surface area (Å²) in [5.74, 6) is -0.281. The summed E-state index contributed by atoms with van der Waals surface area (Å²) in [6, 6.07) is 1.42. The second kappa shape index (κ2) is 4.83. The van der Waals surface area contributed by atoms with Crippen molar-refractivity contribution in [3.05, 3.63) is 32.4 Å². The maximum Gasteiger partial charge on any atom is 0.418 e. The molecule has 0 radical (unpaired) electrons. The van der Waals surface area contributed by atoms with Crippen LogP contribution in [-0.2, 0) is 18.2 Å². The van der Waals surface area contributed by atoms with Crippen molar-refractivity contribution in [3.63, 3.8) is 0 Å². The molecular weight excluding hydrogens is 384 g/mol. The molecule has 8 heteroatoms. The third-order valence-electron chi connectivity index (χ3n) is 1.89. The van der Waals surface area contributed by atoms with Gasteiger partial charge in [0.25, 0.3) is 0 Å². The maximum absolute atomic E-state index is 12.5. The van der Waals surface area contributed by atoms with E-state index < -0.39 is 27.0 Å². The van der Waals surface area contributed by atoms with E-state index in [1.54, 1.807) is 0 Å². The van der Waals surface area contributed by atoms with Crippen LogP contribution in [0.1, 0.15) is 16.7 Å². The highest BCUT2D eigenvalue weighted by Crippen LogP contribution is 2.43. The van der Waals surface area contributed by atoms with Crippen LogP contribution in [0.5, 0.6) is 0 Å². The van der Waals surface area contributed by atoms with Gasteiger partial charge in [0.1, 0.15) is 0 Å². The summed E-state index contributed by atoms with van der Waals surface area (Å²) >= 11 is 6.56. The van der Waals surface area contributed by atoms with Crippen molar-refractivity contribution in [3.8, 4) is 0 Å². The molecule has 0 unspecified atom stereocenters. The summed E-state index contributed by atoms with van der Waals surface area (Å²) in [7, 11) is 0. The van der Waals surface area contributed by atoms with E-state index in [1.165, 1.54) is 22.6 Å². The third kappa shape index (κ3) is 3.40. The molecule has 0 aliphatic rings. The van der Waals surface area contributed by atoms with Gasteiger partial charge in [0.15, 0.2) is 0 Å². The van der Waals surface area contributed by atoms with Crippen molar-refractivity contribution >= 4 is 34.2 Å². The fourth-order valence-electron chi connectivity index (χ4n) is 1.25. The highest BCUT2D eigenvalue weighted by molar-refractivity contribution is 14.1. The maximum atomic E-state index is 12.5. The molecule has 1 aromatic rings. The summed E-state index contributed by atoms with van der Waals surface area (Å²) in [4.78, 5) is 0. The van der Waals surface area contributed by atoms with Crippen molar-refractivity contribution in [2.24, 2.45) is 0 Å². The summed E-state index contributed by atoms with van der Waals surface area (Å²) in [6.45, 7) is 0. The van der Waals surface area contributed by atoms with Gasteiger partial charge in [0.2, 0.25) is 0 Å². The van der Waals surface area contributed by atoms with E-state index in [0.29, 0.717) is 6.07 Å². The molecule has 1 aromatic carbocycles. The molecule has 0 heterocycles. The number of halogens is 8. The van der Waals surface area contributed by atoms with Gasteiger partial charge in [-0.05, 0) is 40.3 Å². The quantitative estimate of drug-likeness (QED) is 0.358. The van der Waals surface area contributed by atoms with Crippen LogP contribution >= 0.6 is 34.2 Å². The molecule has 0 N–H and O–H groups in total. The van der Waals surface area contributed by atoms with Gasteiger partial charge in [-0.25, -0.2) is 0 Å². The lowest BCUT2D eigenvalue weighted by Gasteiger charge is -2.18. The minimum atomic E-state index is -5.06. The van der Waals surface area contributed by atoms with Crippen molar-refractivity contribution in [1.29, 1.82) is 0 Å². The molecule has 0 spiro atoms. The fraction of sp³-hybridized carbons (Fsp3) is 0.333. The Bertz CT molecular complexity index is 423. The Morgan fingerprint density at radius 1 is 1.00 bits per heavy atom. The highest BCUT2D eigenvalue weighted by Gasteiger charge is 2.44. The molecule has 0 aromatic heterocycles. The summed E-state index contributed by atoms with van der Waals surface area (Å²) in [6.07, 6.45) is -10.1. The van der Waals surface area contributed by atoms with Crippen LogP contribution in [-0.4, -0.2) is 0 Å². The van der Waals surface area contributed by atoms with Crippen molar-refractivity contribution in [2.45, 2.75) is 18.2 Å². The van der Waals surface area contributed by atoms with Crippen LogP contribution < -0.4 is 0 Å². The van der Waals surface area contributed by atoms with E-state index in [2.05, 4.69) is 0 Å². The second-order valence-corrected chi connectivity index (χ2v) is 4.56. The molecule has 0 aliphatic carbocycles. The van der Waals surface area contributed by atoms with Crippen LogP contribution in [0.15, 0.2) is 12.1 Å². The van der Waals surface area contributed by atoms with Crippen LogP contribution in [0.4, 0.5) is 26.3 Å². The summed E-state index contributed by atoms with van der Waals surface area (Å²) in [5.41, 5.74) is -3.37. The van der Waals surface area contributed by atoms with Gasteiger partial charge in [-0.15, -0.1) is 11.6 Å². The van der Waals surface area contributed by atoms with Gasteiger partial charge in [-0.3, -0.25) is 0 Å². The predicted octanol–water partition coefficient (Wildman–Crippen LogP) is 5.07. The standard InChI is InChI=1S/C9H4ClF6I/c10-3-4-1-5(8(11,12)13)7(6(17)2-4)9(14,15)16/h1-2H,3H2. The van der Waals surface area contributed by atoms with Gasteiger partial charge in [-0.2, -0.15) is 26.3 Å². The van der Waals surface area contributed by atoms with Crippen LogP contribution in [0.2, 0.25) is 0 Å². The number of rotatable bonds is 1. The van der Waals surface area contributed by atoms with Crippen molar-refractivity contribution in [2.75, 3.05) is 0 Å². The van der Waals surface area contributed by atoms with Crippen LogP contribution in [0.3, 0.4) is 0 Å². The van der Waals surface area contributed by atoms with Gasteiger partial charge in [0.05, 0.1) is 11.1 Å². The largest absolute Gasteiger partial charge is 0.418 e. The van der Waals surface area contributed by atoms with E-state index in [-0.39, 0.29) is 11.4 Å². The van der Waals surface area contributed by atoms with Gasteiger partial charge < -0.3 is 0 Å². The SMILES string of the molecule is FC(F)(F)c1cc(CCl)cc(I)c1C(F)(F)F. The molecule has 0 amide bonds. The molecule has 96 valence electrons. The monoisotopic (exact) mass is 388 g/mol. The first kappa shape index (κ1) is 14.9. The molecule has 1 rings (SSSR count). The normalized spacial score (nSPS) is 12.9. The predicted molar refractivity (Wildman–Crippen MR) is 58.7 cm³/mol. The molecule has 17 heavy (non-hydrogen) atoms. The first-order chi connectivity index (χ1) is 7.57. The Morgan fingerprint density at radius 2 is 1.53 bits per heavy atom. The van der Waals surface area contributed by atoms with E-state index in [4.69, 9.17) is 11.6 Å². The van der Waals surface area contributed by atoms with E-state index in [1.807, 2.05) is 0 Å². The summed E-state index contributed by atoms with van der Waals surface area (Å²) in [5, 5.41) is 0. The zero-order valence-corrected chi connectivity index (χ0v) is 10.8. The first-order valence-corrected chi connectivity index (χ1v) is 5.71. The van der Waals surface area contributed by atoms with Crippen molar-refractivity contribution < 1.29 is 26.3 Å². The highest BCUT2D eigenvalue weighted by atomic mass is 127. The average molecular weight is 388 g/mol. The smallest absolute Gasteiger partial charge is 0.166 e. The topological polar surface area (TPSA) is 0 Å². The Kier molecular flexibility index (Phi) is 4.23. The summed E-state index contributed by atoms with van der Waals surface area (Å²) < 4.78 is 74.7. The van der Waals surface area contributed by atoms with Gasteiger partial charge in [-0.1, -0.05) is 0 Å². The lowest BCUT2D eigenvalue weighted by Crippen LogP contribution is -2.18. The first-order valence-electron chi connectivity index (χ1n) is 4.10. The lowest BCUT2D eigenvalue weighted by molar-refractivity contribution is -0.162. The number of hydrogen-bond acceptors (Lipinski definition) is 0. The van der Waals surface area contributed by atoms with Gasteiger partial charge >= 0.3 is 12.4 Å². The molecule has 0 nitrogen and oxygen atoms in total. The Hall–Kier alpha value is -0.180. The molecule has 0 fully saturated rings. The fourth-order valence-corrected chi connectivity index (χ4v) is 2.40. The average Bonchev–Trinajstić information content (AvgIpc) is 2.12. The minimum absolute atomic E-state index is 0.00334. The lowest BCUT2D eigenvalue weighted by atomic mass is 10.0. The molecule has 0 bridgehead atoms. The number of alkyl halides is 7. The zero-order valence-electron chi connectivity index (χ0n) is 7.89. The number of benzene rings is 1. The third-order valence-corrected chi connectivity index (χ3v) is 3.05. The Morgan fingerprint density at radius 3 is 1.88 bits per heavy atom.